The zero-order chi connectivity index (χ0) is 14.8. The molecule has 21 heavy (non-hydrogen) atoms. The summed E-state index contributed by atoms with van der Waals surface area (Å²) in [5.41, 5.74) is 1.19. The molecule has 0 aliphatic carbocycles. The summed E-state index contributed by atoms with van der Waals surface area (Å²) in [6.07, 6.45) is 4.59. The second kappa shape index (κ2) is 5.87. The summed E-state index contributed by atoms with van der Waals surface area (Å²) >= 11 is 0. The smallest absolute Gasteiger partial charge is 0.254 e. The van der Waals surface area contributed by atoms with E-state index >= 15 is 0 Å². The first-order chi connectivity index (χ1) is 10.2. The molecule has 110 valence electrons. The van der Waals surface area contributed by atoms with Gasteiger partial charge >= 0.3 is 0 Å². The number of carbonyl (C=O) groups excluding carboxylic acids is 1. The molecule has 2 atom stereocenters. The molecular formula is C17H21N3O. The van der Waals surface area contributed by atoms with Gasteiger partial charge in [0.25, 0.3) is 5.91 Å². The lowest BCUT2D eigenvalue weighted by Crippen LogP contribution is -2.47. The number of hydrogen-bond acceptors (Lipinski definition) is 3. The van der Waals surface area contributed by atoms with Crippen LogP contribution in [0.25, 0.3) is 0 Å². The minimum Gasteiger partial charge on any atom is -0.334 e. The van der Waals surface area contributed by atoms with E-state index in [1.165, 1.54) is 12.8 Å². The molecule has 2 aliphatic heterocycles. The molecule has 0 saturated carbocycles. The maximum atomic E-state index is 12.8. The Hall–Kier alpha value is -1.86. The third-order valence-corrected chi connectivity index (χ3v) is 4.82. The van der Waals surface area contributed by atoms with Gasteiger partial charge in [0.05, 0.1) is 11.6 Å². The average Bonchev–Trinajstić information content (AvgIpc) is 3.14. The fourth-order valence-electron chi connectivity index (χ4n) is 3.75. The molecule has 0 spiro atoms. The number of nitriles is 1. The van der Waals surface area contributed by atoms with Gasteiger partial charge in [-0.15, -0.1) is 0 Å². The van der Waals surface area contributed by atoms with Gasteiger partial charge in [-0.25, -0.2) is 0 Å². The van der Waals surface area contributed by atoms with Crippen LogP contribution in [0.4, 0.5) is 0 Å². The van der Waals surface area contributed by atoms with E-state index in [0.29, 0.717) is 23.2 Å². The van der Waals surface area contributed by atoms with Crippen molar-refractivity contribution in [3.05, 3.63) is 35.4 Å². The van der Waals surface area contributed by atoms with Gasteiger partial charge in [0.2, 0.25) is 0 Å². The van der Waals surface area contributed by atoms with E-state index < -0.39 is 0 Å². The molecule has 0 unspecified atom stereocenters. The molecule has 4 heteroatoms. The zero-order valence-corrected chi connectivity index (χ0v) is 12.5. The van der Waals surface area contributed by atoms with Gasteiger partial charge in [0.1, 0.15) is 0 Å². The molecule has 2 heterocycles. The van der Waals surface area contributed by atoms with Crippen LogP contribution in [0.5, 0.6) is 0 Å². The molecule has 4 nitrogen and oxygen atoms in total. The van der Waals surface area contributed by atoms with Crippen LogP contribution in [0, 0.1) is 11.3 Å². The van der Waals surface area contributed by atoms with Crippen LogP contribution in [-0.4, -0.2) is 47.9 Å². The van der Waals surface area contributed by atoms with Crippen LogP contribution in [0.3, 0.4) is 0 Å². The SMILES string of the molecule is CN1CCC[C@@H]1[C@H]1CCCN1C(=O)c1cccc(C#N)c1. The van der Waals surface area contributed by atoms with Gasteiger partial charge in [-0.2, -0.15) is 5.26 Å². The van der Waals surface area contributed by atoms with Gasteiger partial charge in [-0.05, 0) is 57.5 Å². The first kappa shape index (κ1) is 14.1. The lowest BCUT2D eigenvalue weighted by atomic mass is 10.0. The summed E-state index contributed by atoms with van der Waals surface area (Å²) in [6, 6.07) is 9.98. The second-order valence-electron chi connectivity index (χ2n) is 6.09. The molecule has 1 amide bonds. The van der Waals surface area contributed by atoms with Crippen molar-refractivity contribution in [2.24, 2.45) is 0 Å². The van der Waals surface area contributed by atoms with Crippen molar-refractivity contribution in [2.75, 3.05) is 20.1 Å². The Morgan fingerprint density at radius 2 is 2.00 bits per heavy atom. The number of benzene rings is 1. The van der Waals surface area contributed by atoms with Crippen molar-refractivity contribution in [3.63, 3.8) is 0 Å². The van der Waals surface area contributed by atoms with Crippen molar-refractivity contribution in [3.8, 4) is 6.07 Å². The average molecular weight is 283 g/mol. The highest BCUT2D eigenvalue weighted by Gasteiger charge is 2.38. The maximum absolute atomic E-state index is 12.8. The highest BCUT2D eigenvalue weighted by molar-refractivity contribution is 5.95. The number of nitrogens with zero attached hydrogens (tertiary/aromatic N) is 3. The fourth-order valence-corrected chi connectivity index (χ4v) is 3.75. The third kappa shape index (κ3) is 2.66. The monoisotopic (exact) mass is 283 g/mol. The first-order valence-corrected chi connectivity index (χ1v) is 7.72. The van der Waals surface area contributed by atoms with Gasteiger partial charge < -0.3 is 9.80 Å². The summed E-state index contributed by atoms with van der Waals surface area (Å²) in [4.78, 5) is 17.2. The summed E-state index contributed by atoms with van der Waals surface area (Å²) in [5, 5.41) is 8.99. The maximum Gasteiger partial charge on any atom is 0.254 e. The number of amides is 1. The molecule has 0 bridgehead atoms. The van der Waals surface area contributed by atoms with Crippen molar-refractivity contribution in [1.82, 2.24) is 9.80 Å². The molecule has 2 aliphatic rings. The molecule has 0 aromatic heterocycles. The minimum atomic E-state index is 0.0786. The van der Waals surface area contributed by atoms with Crippen molar-refractivity contribution in [2.45, 2.75) is 37.8 Å². The summed E-state index contributed by atoms with van der Waals surface area (Å²) in [7, 11) is 2.16. The van der Waals surface area contributed by atoms with E-state index in [0.717, 1.165) is 25.9 Å². The van der Waals surface area contributed by atoms with Gasteiger partial charge in [0, 0.05) is 24.2 Å². The van der Waals surface area contributed by atoms with E-state index in [1.807, 2.05) is 11.0 Å². The minimum absolute atomic E-state index is 0.0786. The van der Waals surface area contributed by atoms with Gasteiger partial charge in [-0.1, -0.05) is 6.07 Å². The summed E-state index contributed by atoms with van der Waals surface area (Å²) in [5.74, 6) is 0.0786. The molecule has 1 aromatic rings. The quantitative estimate of drug-likeness (QED) is 0.836. The van der Waals surface area contributed by atoms with Crippen LogP contribution >= 0.6 is 0 Å². The normalized spacial score (nSPS) is 26.0. The van der Waals surface area contributed by atoms with E-state index in [2.05, 4.69) is 18.0 Å². The Morgan fingerprint density at radius 1 is 1.24 bits per heavy atom. The molecule has 0 N–H and O–H groups in total. The highest BCUT2D eigenvalue weighted by atomic mass is 16.2. The Morgan fingerprint density at radius 3 is 2.71 bits per heavy atom. The largest absolute Gasteiger partial charge is 0.334 e. The number of rotatable bonds is 2. The number of carbonyl (C=O) groups is 1. The van der Waals surface area contributed by atoms with Crippen LogP contribution < -0.4 is 0 Å². The van der Waals surface area contributed by atoms with Crippen LogP contribution in [0.2, 0.25) is 0 Å². The summed E-state index contributed by atoms with van der Waals surface area (Å²) in [6.45, 7) is 1.97. The zero-order valence-electron chi connectivity index (χ0n) is 12.5. The highest BCUT2D eigenvalue weighted by Crippen LogP contribution is 2.30. The predicted molar refractivity (Wildman–Crippen MR) is 80.9 cm³/mol. The molecular weight excluding hydrogens is 262 g/mol. The first-order valence-electron chi connectivity index (χ1n) is 7.72. The van der Waals surface area contributed by atoms with Crippen molar-refractivity contribution >= 4 is 5.91 Å². The number of likely N-dealkylation sites (tertiary alicyclic amines) is 2. The molecule has 1 aromatic carbocycles. The lowest BCUT2D eigenvalue weighted by molar-refractivity contribution is 0.0664. The molecule has 2 saturated heterocycles. The van der Waals surface area contributed by atoms with E-state index in [9.17, 15) is 4.79 Å². The van der Waals surface area contributed by atoms with E-state index in [-0.39, 0.29) is 5.91 Å². The Kier molecular flexibility index (Phi) is 3.94. The van der Waals surface area contributed by atoms with Gasteiger partial charge in [0.15, 0.2) is 0 Å². The second-order valence-corrected chi connectivity index (χ2v) is 6.09. The Bertz CT molecular complexity index is 578. The molecule has 2 fully saturated rings. The van der Waals surface area contributed by atoms with Crippen molar-refractivity contribution in [1.29, 1.82) is 5.26 Å². The Balaban J connectivity index is 1.81. The van der Waals surface area contributed by atoms with Crippen LogP contribution in [0.1, 0.15) is 41.6 Å². The van der Waals surface area contributed by atoms with Gasteiger partial charge in [-0.3, -0.25) is 4.79 Å². The summed E-state index contributed by atoms with van der Waals surface area (Å²) < 4.78 is 0. The third-order valence-electron chi connectivity index (χ3n) is 4.82. The van der Waals surface area contributed by atoms with Crippen LogP contribution in [0.15, 0.2) is 24.3 Å². The van der Waals surface area contributed by atoms with Crippen molar-refractivity contribution < 1.29 is 4.79 Å². The Labute approximate surface area is 126 Å². The van der Waals surface area contributed by atoms with E-state index in [4.69, 9.17) is 5.26 Å². The fraction of sp³-hybridized carbons (Fsp3) is 0.529. The molecule has 0 radical (unpaired) electrons. The van der Waals surface area contributed by atoms with E-state index in [1.54, 1.807) is 18.2 Å². The predicted octanol–water partition coefficient (Wildman–Crippen LogP) is 2.26. The topological polar surface area (TPSA) is 47.3 Å². The molecule has 3 rings (SSSR count). The number of likely N-dealkylation sites (N-methyl/N-ethyl adjacent to an activating group) is 1. The standard InChI is InChI=1S/C17H21N3O/c1-19-9-3-7-15(19)16-8-4-10-20(16)17(21)14-6-2-5-13(11-14)12-18/h2,5-6,11,15-16H,3-4,7-10H2,1H3/t15-,16-/m1/s1. The lowest BCUT2D eigenvalue weighted by Gasteiger charge is -2.33. The van der Waals surface area contributed by atoms with Crippen LogP contribution in [-0.2, 0) is 0 Å². The number of hydrogen-bond donors (Lipinski definition) is 0.